The zero-order valence-corrected chi connectivity index (χ0v) is 16.7. The maximum atomic E-state index is 5.99. The highest BCUT2D eigenvalue weighted by molar-refractivity contribution is 9.11. The number of hydrogen-bond donors (Lipinski definition) is 1. The Morgan fingerprint density at radius 3 is 2.29 bits per heavy atom. The van der Waals surface area contributed by atoms with Gasteiger partial charge in [-0.2, -0.15) is 0 Å². The molecule has 0 fully saturated rings. The highest BCUT2D eigenvalue weighted by atomic mass is 79.9. The Morgan fingerprint density at radius 2 is 1.71 bits per heavy atom. The first-order chi connectivity index (χ1) is 10.0. The summed E-state index contributed by atoms with van der Waals surface area (Å²) in [6, 6.07) is 9.87. The van der Waals surface area contributed by atoms with Crippen LogP contribution in [0.15, 0.2) is 43.7 Å². The molecule has 0 aromatic heterocycles. The summed E-state index contributed by atoms with van der Waals surface area (Å²) in [7, 11) is 0. The number of anilines is 1. The lowest BCUT2D eigenvalue weighted by Gasteiger charge is -2.12. The molecule has 0 spiro atoms. The van der Waals surface area contributed by atoms with Gasteiger partial charge in [0.1, 0.15) is 5.75 Å². The van der Waals surface area contributed by atoms with Crippen LogP contribution in [0.2, 0.25) is 5.02 Å². The van der Waals surface area contributed by atoms with Gasteiger partial charge in [-0.1, -0.05) is 11.6 Å². The van der Waals surface area contributed by atoms with Crippen molar-refractivity contribution in [2.24, 2.45) is 0 Å². The summed E-state index contributed by atoms with van der Waals surface area (Å²) in [6.07, 6.45) is 0. The number of rotatable bonds is 5. The van der Waals surface area contributed by atoms with Gasteiger partial charge >= 0.3 is 0 Å². The molecule has 0 radical (unpaired) electrons. The molecule has 0 aliphatic heterocycles. The number of hydrogen-bond acceptors (Lipinski definition) is 2. The van der Waals surface area contributed by atoms with Crippen LogP contribution in [0.25, 0.3) is 0 Å². The van der Waals surface area contributed by atoms with Gasteiger partial charge < -0.3 is 10.1 Å². The third-order valence-corrected chi connectivity index (χ3v) is 5.16. The molecule has 112 valence electrons. The summed E-state index contributed by atoms with van der Waals surface area (Å²) < 4.78 is 8.33. The molecule has 0 atom stereocenters. The molecule has 21 heavy (non-hydrogen) atoms. The highest BCUT2D eigenvalue weighted by Gasteiger charge is 2.08. The van der Waals surface area contributed by atoms with Gasteiger partial charge in [0.05, 0.1) is 20.6 Å². The fraction of sp³-hybridized carbons (Fsp3) is 0.200. The van der Waals surface area contributed by atoms with Crippen molar-refractivity contribution in [1.29, 1.82) is 0 Å². The Hall–Kier alpha value is -0.230. The monoisotopic (exact) mass is 495 g/mol. The summed E-state index contributed by atoms with van der Waals surface area (Å²) in [5.41, 5.74) is 2.15. The van der Waals surface area contributed by atoms with Crippen LogP contribution in [0.3, 0.4) is 0 Å². The topological polar surface area (TPSA) is 21.3 Å². The van der Waals surface area contributed by atoms with E-state index in [4.69, 9.17) is 16.3 Å². The molecule has 0 heterocycles. The van der Waals surface area contributed by atoms with E-state index in [2.05, 4.69) is 53.1 Å². The fourth-order valence-corrected chi connectivity index (χ4v) is 3.81. The minimum Gasteiger partial charge on any atom is -0.492 e. The fourth-order valence-electron chi connectivity index (χ4n) is 1.81. The van der Waals surface area contributed by atoms with Crippen LogP contribution in [0.4, 0.5) is 5.69 Å². The van der Waals surface area contributed by atoms with Crippen molar-refractivity contribution in [2.75, 3.05) is 11.9 Å². The van der Waals surface area contributed by atoms with Gasteiger partial charge in [0.25, 0.3) is 0 Å². The zero-order valence-electron chi connectivity index (χ0n) is 11.2. The molecule has 2 aromatic rings. The first kappa shape index (κ1) is 17.1. The molecule has 2 nitrogen and oxygen atoms in total. The second kappa shape index (κ2) is 7.86. The molecule has 6 heteroatoms. The van der Waals surface area contributed by atoms with Crippen molar-refractivity contribution in [1.82, 2.24) is 0 Å². The predicted molar refractivity (Wildman–Crippen MR) is 99.5 cm³/mol. The molecule has 0 aliphatic carbocycles. The molecule has 0 saturated carbocycles. The largest absolute Gasteiger partial charge is 0.492 e. The Bertz CT molecular complexity index is 626. The number of halogens is 4. The van der Waals surface area contributed by atoms with Gasteiger partial charge in [-0.05, 0) is 90.6 Å². The van der Waals surface area contributed by atoms with Crippen molar-refractivity contribution >= 4 is 65.1 Å². The van der Waals surface area contributed by atoms with E-state index in [9.17, 15) is 0 Å². The third-order valence-electron chi connectivity index (χ3n) is 2.76. The Labute approximate surface area is 154 Å². The maximum Gasteiger partial charge on any atom is 0.147 e. The number of benzene rings is 2. The highest BCUT2D eigenvalue weighted by Crippen LogP contribution is 2.35. The molecular weight excluding hydrogens is 485 g/mol. The minimum atomic E-state index is 0.633. The molecule has 1 N–H and O–H groups in total. The smallest absolute Gasteiger partial charge is 0.147 e. The van der Waals surface area contributed by atoms with Crippen LogP contribution in [0.1, 0.15) is 12.5 Å². The Morgan fingerprint density at radius 1 is 1.05 bits per heavy atom. The van der Waals surface area contributed by atoms with Crippen molar-refractivity contribution in [3.05, 3.63) is 54.3 Å². The van der Waals surface area contributed by atoms with E-state index in [0.29, 0.717) is 18.2 Å². The number of nitrogens with one attached hydrogen (secondary N) is 1. The Balaban J connectivity index is 2.11. The molecule has 2 rings (SSSR count). The SMILES string of the molecule is CCOc1c(Br)cc(CNc2ccc(Cl)c(Br)c2)cc1Br. The van der Waals surface area contributed by atoms with Crippen molar-refractivity contribution < 1.29 is 4.74 Å². The van der Waals surface area contributed by atoms with E-state index in [1.165, 1.54) is 0 Å². The van der Waals surface area contributed by atoms with Crippen LogP contribution in [-0.2, 0) is 6.54 Å². The van der Waals surface area contributed by atoms with Gasteiger partial charge in [-0.15, -0.1) is 0 Å². The molecular formula is C15H13Br3ClNO. The quantitative estimate of drug-likeness (QED) is 0.499. The van der Waals surface area contributed by atoms with Crippen molar-refractivity contribution in [3.8, 4) is 5.75 Å². The molecule has 0 aliphatic rings. The van der Waals surface area contributed by atoms with Gasteiger partial charge in [-0.3, -0.25) is 0 Å². The average Bonchev–Trinajstić information content (AvgIpc) is 2.44. The second-order valence-corrected chi connectivity index (χ2v) is 7.27. The van der Waals surface area contributed by atoms with Crippen LogP contribution < -0.4 is 10.1 Å². The van der Waals surface area contributed by atoms with Crippen molar-refractivity contribution in [3.63, 3.8) is 0 Å². The summed E-state index contributed by atoms with van der Waals surface area (Å²) in [4.78, 5) is 0. The van der Waals surface area contributed by atoms with Crippen LogP contribution in [-0.4, -0.2) is 6.61 Å². The zero-order chi connectivity index (χ0) is 15.4. The molecule has 2 aromatic carbocycles. The maximum absolute atomic E-state index is 5.99. The first-order valence-corrected chi connectivity index (χ1v) is 9.06. The standard InChI is InChI=1S/C15H13Br3ClNO/c1-2-21-15-12(17)5-9(6-13(15)18)8-20-10-3-4-14(19)11(16)7-10/h3-7,20H,2,8H2,1H3. The lowest BCUT2D eigenvalue weighted by Crippen LogP contribution is -2.01. The van der Waals surface area contributed by atoms with E-state index >= 15 is 0 Å². The molecule has 0 saturated heterocycles. The van der Waals surface area contributed by atoms with Gasteiger partial charge in [-0.25, -0.2) is 0 Å². The normalized spacial score (nSPS) is 10.5. The van der Waals surface area contributed by atoms with Gasteiger partial charge in [0.15, 0.2) is 0 Å². The van der Waals surface area contributed by atoms with E-state index in [0.717, 1.165) is 30.4 Å². The summed E-state index contributed by atoms with van der Waals surface area (Å²) in [5.74, 6) is 0.829. The number of ether oxygens (including phenoxy) is 1. The van der Waals surface area contributed by atoms with Crippen LogP contribution >= 0.6 is 59.4 Å². The summed E-state index contributed by atoms with van der Waals surface area (Å²) >= 11 is 16.5. The Kier molecular flexibility index (Phi) is 6.41. The van der Waals surface area contributed by atoms with Crippen LogP contribution in [0, 0.1) is 0 Å². The van der Waals surface area contributed by atoms with E-state index in [-0.39, 0.29) is 0 Å². The lowest BCUT2D eigenvalue weighted by atomic mass is 10.2. The van der Waals surface area contributed by atoms with E-state index in [1.54, 1.807) is 0 Å². The first-order valence-electron chi connectivity index (χ1n) is 6.31. The molecule has 0 unspecified atom stereocenters. The van der Waals surface area contributed by atoms with Gasteiger partial charge in [0, 0.05) is 16.7 Å². The van der Waals surface area contributed by atoms with Crippen LogP contribution in [0.5, 0.6) is 5.75 Å². The van der Waals surface area contributed by atoms with Gasteiger partial charge in [0.2, 0.25) is 0 Å². The molecule has 0 bridgehead atoms. The third kappa shape index (κ3) is 4.62. The second-order valence-electron chi connectivity index (χ2n) is 4.30. The summed E-state index contributed by atoms with van der Waals surface area (Å²) in [6.45, 7) is 3.30. The average molecular weight is 498 g/mol. The molecule has 0 amide bonds. The van der Waals surface area contributed by atoms with E-state index in [1.807, 2.05) is 37.3 Å². The summed E-state index contributed by atoms with van der Waals surface area (Å²) in [5, 5.41) is 4.06. The lowest BCUT2D eigenvalue weighted by molar-refractivity contribution is 0.336. The predicted octanol–water partition coefficient (Wildman–Crippen LogP) is 6.64. The van der Waals surface area contributed by atoms with E-state index < -0.39 is 0 Å². The van der Waals surface area contributed by atoms with Crippen molar-refractivity contribution in [2.45, 2.75) is 13.5 Å². The minimum absolute atomic E-state index is 0.633.